The second-order valence-electron chi connectivity index (χ2n) is 6.04. The number of aliphatic hydroxyl groups excluding tert-OH is 1. The highest BCUT2D eigenvalue weighted by atomic mass is 16.3. The molecule has 2 nitrogen and oxygen atoms in total. The van der Waals surface area contributed by atoms with Crippen molar-refractivity contribution in [2.45, 2.75) is 52.1 Å². The van der Waals surface area contributed by atoms with Gasteiger partial charge in [0, 0.05) is 12.0 Å². The molecule has 2 heteroatoms. The maximum Gasteiger partial charge on any atom is 0.0861 e. The van der Waals surface area contributed by atoms with E-state index >= 15 is 0 Å². The summed E-state index contributed by atoms with van der Waals surface area (Å²) in [5.74, 6) is 0.729. The van der Waals surface area contributed by atoms with Gasteiger partial charge in [-0.1, -0.05) is 44.5 Å². The molecule has 3 N–H and O–H groups in total. The Morgan fingerprint density at radius 1 is 1.37 bits per heavy atom. The molecule has 1 aromatic carbocycles. The van der Waals surface area contributed by atoms with Gasteiger partial charge in [0.25, 0.3) is 0 Å². The molecule has 0 heterocycles. The van der Waals surface area contributed by atoms with E-state index in [0.717, 1.165) is 30.7 Å². The number of rotatable bonds is 5. The van der Waals surface area contributed by atoms with E-state index in [-0.39, 0.29) is 5.41 Å². The van der Waals surface area contributed by atoms with E-state index < -0.39 is 6.10 Å². The summed E-state index contributed by atoms with van der Waals surface area (Å²) >= 11 is 0. The van der Waals surface area contributed by atoms with Gasteiger partial charge in [-0.2, -0.15) is 0 Å². The van der Waals surface area contributed by atoms with Crippen LogP contribution in [0.3, 0.4) is 0 Å². The van der Waals surface area contributed by atoms with Gasteiger partial charge in [-0.25, -0.2) is 0 Å². The van der Waals surface area contributed by atoms with Crippen LogP contribution in [0.1, 0.15) is 56.8 Å². The Balaban J connectivity index is 2.28. The Kier molecular flexibility index (Phi) is 4.64. The van der Waals surface area contributed by atoms with Crippen LogP contribution in [0, 0.1) is 11.3 Å². The van der Waals surface area contributed by atoms with Crippen LogP contribution in [0.25, 0.3) is 0 Å². The standard InChI is InChI=1S/C17H27NO/c1-3-13-9-10-17(11-13,12-18)16(19)15-8-6-5-7-14(15)4-2/h5-8,13,16,19H,3-4,9-12,18H2,1-2H3. The van der Waals surface area contributed by atoms with Gasteiger partial charge in [0.15, 0.2) is 0 Å². The minimum absolute atomic E-state index is 0.105. The van der Waals surface area contributed by atoms with E-state index in [1.165, 1.54) is 18.4 Å². The fraction of sp³-hybridized carbons (Fsp3) is 0.647. The van der Waals surface area contributed by atoms with Crippen molar-refractivity contribution in [1.29, 1.82) is 0 Å². The SMILES string of the molecule is CCc1ccccc1C(O)C1(CN)CCC(CC)C1. The summed E-state index contributed by atoms with van der Waals surface area (Å²) in [5, 5.41) is 10.9. The van der Waals surface area contributed by atoms with Crippen molar-refractivity contribution in [3.8, 4) is 0 Å². The van der Waals surface area contributed by atoms with Crippen molar-refractivity contribution in [1.82, 2.24) is 0 Å². The lowest BCUT2D eigenvalue weighted by atomic mass is 9.75. The van der Waals surface area contributed by atoms with Crippen LogP contribution in [0.5, 0.6) is 0 Å². The molecule has 1 fully saturated rings. The predicted molar refractivity (Wildman–Crippen MR) is 79.9 cm³/mol. The molecule has 106 valence electrons. The Morgan fingerprint density at radius 3 is 2.68 bits per heavy atom. The molecule has 1 aliphatic rings. The molecule has 1 aliphatic carbocycles. The third-order valence-corrected chi connectivity index (χ3v) is 5.04. The van der Waals surface area contributed by atoms with Gasteiger partial charge in [-0.05, 0) is 42.7 Å². The van der Waals surface area contributed by atoms with E-state index in [4.69, 9.17) is 5.73 Å². The number of hydrogen-bond donors (Lipinski definition) is 2. The fourth-order valence-electron chi connectivity index (χ4n) is 3.62. The summed E-state index contributed by atoms with van der Waals surface area (Å²) in [7, 11) is 0. The third kappa shape index (κ3) is 2.70. The monoisotopic (exact) mass is 261 g/mol. The van der Waals surface area contributed by atoms with Crippen molar-refractivity contribution in [2.24, 2.45) is 17.1 Å². The molecule has 0 aliphatic heterocycles. The fourth-order valence-corrected chi connectivity index (χ4v) is 3.62. The number of aliphatic hydroxyl groups is 1. The largest absolute Gasteiger partial charge is 0.388 e. The van der Waals surface area contributed by atoms with Gasteiger partial charge < -0.3 is 10.8 Å². The van der Waals surface area contributed by atoms with Gasteiger partial charge in [-0.15, -0.1) is 0 Å². The molecular weight excluding hydrogens is 234 g/mol. The summed E-state index contributed by atoms with van der Waals surface area (Å²) in [6.07, 6.45) is 5.08. The first-order chi connectivity index (χ1) is 9.16. The van der Waals surface area contributed by atoms with Crippen molar-refractivity contribution >= 4 is 0 Å². The first-order valence-electron chi connectivity index (χ1n) is 7.62. The number of aryl methyl sites for hydroxylation is 1. The Hall–Kier alpha value is -0.860. The zero-order valence-corrected chi connectivity index (χ0v) is 12.2. The zero-order chi connectivity index (χ0) is 13.9. The first kappa shape index (κ1) is 14.5. The second-order valence-corrected chi connectivity index (χ2v) is 6.04. The molecule has 0 saturated heterocycles. The van der Waals surface area contributed by atoms with Gasteiger partial charge in [0.2, 0.25) is 0 Å². The lowest BCUT2D eigenvalue weighted by molar-refractivity contribution is 0.0295. The summed E-state index contributed by atoms with van der Waals surface area (Å²) in [5.41, 5.74) is 8.29. The highest BCUT2D eigenvalue weighted by Gasteiger charge is 2.44. The Morgan fingerprint density at radius 2 is 2.11 bits per heavy atom. The Labute approximate surface area is 117 Å². The normalized spacial score (nSPS) is 28.5. The predicted octanol–water partition coefficient (Wildman–Crippen LogP) is 3.44. The summed E-state index contributed by atoms with van der Waals surface area (Å²) < 4.78 is 0. The van der Waals surface area contributed by atoms with E-state index in [2.05, 4.69) is 26.0 Å². The second kappa shape index (κ2) is 6.06. The molecule has 0 bridgehead atoms. The average molecular weight is 261 g/mol. The van der Waals surface area contributed by atoms with Crippen LogP contribution in [0.4, 0.5) is 0 Å². The molecule has 1 saturated carbocycles. The van der Waals surface area contributed by atoms with Crippen LogP contribution < -0.4 is 5.73 Å². The molecular formula is C17H27NO. The lowest BCUT2D eigenvalue weighted by Crippen LogP contribution is -2.35. The van der Waals surface area contributed by atoms with E-state index in [1.807, 2.05) is 12.1 Å². The summed E-state index contributed by atoms with van der Waals surface area (Å²) in [6.45, 7) is 4.97. The zero-order valence-electron chi connectivity index (χ0n) is 12.2. The van der Waals surface area contributed by atoms with Crippen LogP contribution >= 0.6 is 0 Å². The van der Waals surface area contributed by atoms with Gasteiger partial charge in [0.1, 0.15) is 0 Å². The number of benzene rings is 1. The van der Waals surface area contributed by atoms with Crippen LogP contribution in [0.2, 0.25) is 0 Å². The minimum atomic E-state index is -0.412. The smallest absolute Gasteiger partial charge is 0.0861 e. The molecule has 0 aromatic heterocycles. The quantitative estimate of drug-likeness (QED) is 0.853. The lowest BCUT2D eigenvalue weighted by Gasteiger charge is -2.34. The van der Waals surface area contributed by atoms with Gasteiger partial charge >= 0.3 is 0 Å². The first-order valence-corrected chi connectivity index (χ1v) is 7.62. The average Bonchev–Trinajstić information content (AvgIpc) is 2.91. The van der Waals surface area contributed by atoms with Crippen molar-refractivity contribution in [2.75, 3.05) is 6.54 Å². The number of nitrogens with two attached hydrogens (primary N) is 1. The van der Waals surface area contributed by atoms with Crippen LogP contribution in [0.15, 0.2) is 24.3 Å². The molecule has 3 atom stereocenters. The van der Waals surface area contributed by atoms with E-state index in [9.17, 15) is 5.11 Å². The van der Waals surface area contributed by atoms with Crippen LogP contribution in [-0.4, -0.2) is 11.7 Å². The molecule has 0 spiro atoms. The van der Waals surface area contributed by atoms with Crippen molar-refractivity contribution in [3.05, 3.63) is 35.4 Å². The minimum Gasteiger partial charge on any atom is -0.388 e. The molecule has 3 unspecified atom stereocenters. The van der Waals surface area contributed by atoms with Gasteiger partial charge in [-0.3, -0.25) is 0 Å². The van der Waals surface area contributed by atoms with Crippen molar-refractivity contribution < 1.29 is 5.11 Å². The topological polar surface area (TPSA) is 46.2 Å². The highest BCUT2D eigenvalue weighted by Crippen LogP contribution is 2.50. The third-order valence-electron chi connectivity index (χ3n) is 5.04. The molecule has 19 heavy (non-hydrogen) atoms. The highest BCUT2D eigenvalue weighted by molar-refractivity contribution is 5.31. The maximum atomic E-state index is 10.9. The molecule has 1 aromatic rings. The Bertz CT molecular complexity index is 417. The molecule has 2 rings (SSSR count). The molecule has 0 amide bonds. The van der Waals surface area contributed by atoms with E-state index in [1.54, 1.807) is 0 Å². The van der Waals surface area contributed by atoms with Crippen LogP contribution in [-0.2, 0) is 6.42 Å². The summed E-state index contributed by atoms with van der Waals surface area (Å²) in [4.78, 5) is 0. The molecule has 0 radical (unpaired) electrons. The maximum absolute atomic E-state index is 10.9. The van der Waals surface area contributed by atoms with E-state index in [0.29, 0.717) is 6.54 Å². The van der Waals surface area contributed by atoms with Gasteiger partial charge in [0.05, 0.1) is 6.10 Å². The number of hydrogen-bond acceptors (Lipinski definition) is 2. The summed E-state index contributed by atoms with van der Waals surface area (Å²) in [6, 6.07) is 8.26. The van der Waals surface area contributed by atoms with Crippen molar-refractivity contribution in [3.63, 3.8) is 0 Å².